The molecule has 1 saturated heterocycles. The fraction of sp³-hybridized carbons (Fsp3) is 0.419. The predicted octanol–water partition coefficient (Wildman–Crippen LogP) is 5.53. The van der Waals surface area contributed by atoms with Crippen molar-refractivity contribution in [2.75, 3.05) is 37.4 Å². The SMILES string of the molecule is COc1cc(C(N)=O)ccc1NCC#Cc1cc2c(NC3CCN(C(=O)OC(C)(C)C)CC3F)cccc2n1CC(F)(F)F. The Morgan fingerprint density at radius 2 is 1.86 bits per heavy atom. The highest BCUT2D eigenvalue weighted by atomic mass is 19.4. The van der Waals surface area contributed by atoms with Gasteiger partial charge in [-0.1, -0.05) is 12.0 Å². The molecule has 9 nitrogen and oxygen atoms in total. The number of carbonyl (C=O) groups excluding carboxylic acids is 2. The molecule has 44 heavy (non-hydrogen) atoms. The Morgan fingerprint density at radius 1 is 1.11 bits per heavy atom. The maximum Gasteiger partial charge on any atom is 0.410 e. The van der Waals surface area contributed by atoms with E-state index in [-0.39, 0.29) is 42.8 Å². The lowest BCUT2D eigenvalue weighted by atomic mass is 10.0. The van der Waals surface area contributed by atoms with Crippen molar-refractivity contribution in [3.05, 3.63) is 53.7 Å². The maximum absolute atomic E-state index is 15.2. The first-order valence-corrected chi connectivity index (χ1v) is 13.9. The second-order valence-corrected chi connectivity index (χ2v) is 11.4. The second-order valence-electron chi connectivity index (χ2n) is 11.4. The number of alkyl halides is 4. The molecule has 4 rings (SSSR count). The standard InChI is InChI=1S/C31H35F4N5O4/c1-30(2,3)44-29(42)39-14-12-24(22(32)17-39)38-23-8-5-9-26-21(23)16-20(40(26)18-31(33,34)35)7-6-13-37-25-11-10-19(28(36)41)15-27(25)43-4/h5,8-11,15-16,22,24,37-38H,12-14,17-18H2,1-4H3,(H2,36,41). The molecule has 2 atom stereocenters. The number of hydrogen-bond acceptors (Lipinski definition) is 6. The molecule has 2 heterocycles. The van der Waals surface area contributed by atoms with Gasteiger partial charge in [-0.2, -0.15) is 13.2 Å². The minimum absolute atomic E-state index is 0.0602. The van der Waals surface area contributed by atoms with Gasteiger partial charge in [0, 0.05) is 23.2 Å². The summed E-state index contributed by atoms with van der Waals surface area (Å²) in [6.07, 6.45) is -6.26. The van der Waals surface area contributed by atoms with Gasteiger partial charge in [0.2, 0.25) is 5.91 Å². The van der Waals surface area contributed by atoms with E-state index < -0.39 is 42.5 Å². The molecular weight excluding hydrogens is 582 g/mol. The number of benzene rings is 2. The molecule has 0 radical (unpaired) electrons. The van der Waals surface area contributed by atoms with Crippen molar-refractivity contribution < 1.29 is 36.6 Å². The number of rotatable bonds is 7. The molecule has 1 aromatic heterocycles. The summed E-state index contributed by atoms with van der Waals surface area (Å²) in [6.45, 7) is 4.08. The van der Waals surface area contributed by atoms with Gasteiger partial charge in [-0.3, -0.25) is 4.79 Å². The molecule has 4 N–H and O–H groups in total. The van der Waals surface area contributed by atoms with Crippen LogP contribution in [0.5, 0.6) is 5.75 Å². The van der Waals surface area contributed by atoms with Crippen molar-refractivity contribution >= 4 is 34.3 Å². The molecule has 1 fully saturated rings. The molecule has 0 spiro atoms. The van der Waals surface area contributed by atoms with E-state index in [2.05, 4.69) is 22.5 Å². The van der Waals surface area contributed by atoms with Gasteiger partial charge in [0.05, 0.1) is 43.1 Å². The Hall–Kier alpha value is -4.60. The van der Waals surface area contributed by atoms with Crippen LogP contribution in [0.25, 0.3) is 10.9 Å². The molecule has 2 amide bonds. The summed E-state index contributed by atoms with van der Waals surface area (Å²) < 4.78 is 67.7. The maximum atomic E-state index is 15.2. The highest BCUT2D eigenvalue weighted by molar-refractivity contribution is 5.94. The lowest BCUT2D eigenvalue weighted by molar-refractivity contribution is -0.140. The van der Waals surface area contributed by atoms with Gasteiger partial charge in [-0.15, -0.1) is 0 Å². The molecule has 2 unspecified atom stereocenters. The zero-order valence-electron chi connectivity index (χ0n) is 24.8. The molecule has 0 aliphatic carbocycles. The van der Waals surface area contributed by atoms with Gasteiger partial charge in [0.25, 0.3) is 0 Å². The molecular formula is C31H35F4N5O4. The highest BCUT2D eigenvalue weighted by Gasteiger charge is 2.34. The van der Waals surface area contributed by atoms with Gasteiger partial charge < -0.3 is 35.3 Å². The number of amides is 2. The van der Waals surface area contributed by atoms with Crippen LogP contribution in [0.1, 0.15) is 43.2 Å². The first kappa shape index (κ1) is 32.3. The van der Waals surface area contributed by atoms with Crippen molar-refractivity contribution in [2.45, 2.75) is 57.7 Å². The number of methoxy groups -OCH3 is 1. The van der Waals surface area contributed by atoms with E-state index in [0.29, 0.717) is 22.5 Å². The first-order chi connectivity index (χ1) is 20.6. The number of nitrogens with zero attached hydrogens (tertiary/aromatic N) is 2. The van der Waals surface area contributed by atoms with Crippen molar-refractivity contribution in [3.63, 3.8) is 0 Å². The van der Waals surface area contributed by atoms with Crippen LogP contribution in [0.3, 0.4) is 0 Å². The average Bonchev–Trinajstić information content (AvgIpc) is 3.27. The molecule has 3 aromatic rings. The number of hydrogen-bond donors (Lipinski definition) is 3. The fourth-order valence-corrected chi connectivity index (χ4v) is 4.89. The van der Waals surface area contributed by atoms with E-state index >= 15 is 4.39 Å². The van der Waals surface area contributed by atoms with E-state index in [9.17, 15) is 22.8 Å². The summed E-state index contributed by atoms with van der Waals surface area (Å²) >= 11 is 0. The second kappa shape index (κ2) is 13.0. The van der Waals surface area contributed by atoms with E-state index in [1.807, 2.05) is 0 Å². The van der Waals surface area contributed by atoms with Crippen LogP contribution in [0.4, 0.5) is 33.7 Å². The van der Waals surface area contributed by atoms with Gasteiger partial charge in [0.15, 0.2) is 0 Å². The number of halogens is 4. The summed E-state index contributed by atoms with van der Waals surface area (Å²) in [7, 11) is 1.42. The lowest BCUT2D eigenvalue weighted by Gasteiger charge is -2.36. The third-order valence-corrected chi connectivity index (χ3v) is 6.89. The molecule has 0 saturated carbocycles. The summed E-state index contributed by atoms with van der Waals surface area (Å²) in [6, 6.07) is 10.3. The fourth-order valence-electron chi connectivity index (χ4n) is 4.89. The molecule has 236 valence electrons. The van der Waals surface area contributed by atoms with Crippen LogP contribution < -0.4 is 21.1 Å². The van der Waals surface area contributed by atoms with E-state index in [1.165, 1.54) is 24.1 Å². The molecule has 2 aromatic carbocycles. The van der Waals surface area contributed by atoms with Crippen molar-refractivity contribution in [2.24, 2.45) is 5.73 Å². The van der Waals surface area contributed by atoms with E-state index in [0.717, 1.165) is 4.57 Å². The average molecular weight is 618 g/mol. The van der Waals surface area contributed by atoms with Gasteiger partial charge in [0.1, 0.15) is 24.1 Å². The van der Waals surface area contributed by atoms with Crippen LogP contribution in [0.2, 0.25) is 0 Å². The van der Waals surface area contributed by atoms with Crippen LogP contribution >= 0.6 is 0 Å². The van der Waals surface area contributed by atoms with Crippen LogP contribution in [0, 0.1) is 11.8 Å². The summed E-state index contributed by atoms with van der Waals surface area (Å²) in [5, 5.41) is 6.62. The number of nitrogens with one attached hydrogen (secondary N) is 2. The first-order valence-electron chi connectivity index (χ1n) is 13.9. The Labute approximate surface area is 252 Å². The highest BCUT2D eigenvalue weighted by Crippen LogP contribution is 2.32. The zero-order valence-corrected chi connectivity index (χ0v) is 24.8. The Balaban J connectivity index is 1.55. The van der Waals surface area contributed by atoms with Crippen molar-refractivity contribution in [1.29, 1.82) is 0 Å². The van der Waals surface area contributed by atoms with Crippen LogP contribution in [-0.2, 0) is 11.3 Å². The quantitative estimate of drug-likeness (QED) is 0.238. The molecule has 1 aliphatic heterocycles. The molecule has 0 bridgehead atoms. The number of ether oxygens (including phenoxy) is 2. The van der Waals surface area contributed by atoms with Crippen molar-refractivity contribution in [3.8, 4) is 17.6 Å². The lowest BCUT2D eigenvalue weighted by Crippen LogP contribution is -2.51. The largest absolute Gasteiger partial charge is 0.495 e. The number of fused-ring (bicyclic) bond motifs is 1. The Bertz CT molecular complexity index is 1590. The zero-order chi connectivity index (χ0) is 32.2. The normalized spacial score (nSPS) is 17.0. The molecule has 1 aliphatic rings. The van der Waals surface area contributed by atoms with Crippen LogP contribution in [-0.4, -0.2) is 72.2 Å². The Morgan fingerprint density at radius 3 is 2.50 bits per heavy atom. The monoisotopic (exact) mass is 617 g/mol. The Kier molecular flexibility index (Phi) is 9.51. The van der Waals surface area contributed by atoms with Crippen LogP contribution in [0.15, 0.2) is 42.5 Å². The topological polar surface area (TPSA) is 111 Å². The summed E-state index contributed by atoms with van der Waals surface area (Å²) in [5.41, 5.74) is 6.25. The summed E-state index contributed by atoms with van der Waals surface area (Å²) in [5.74, 6) is 5.39. The van der Waals surface area contributed by atoms with Gasteiger partial charge in [-0.25, -0.2) is 9.18 Å². The number of aromatic nitrogens is 1. The minimum Gasteiger partial charge on any atom is -0.495 e. The number of anilines is 2. The number of nitrogens with two attached hydrogens (primary N) is 1. The van der Waals surface area contributed by atoms with Gasteiger partial charge >= 0.3 is 12.3 Å². The van der Waals surface area contributed by atoms with Gasteiger partial charge in [-0.05, 0) is 69.5 Å². The minimum atomic E-state index is -4.52. The number of primary amides is 1. The van der Waals surface area contributed by atoms with Crippen molar-refractivity contribution in [1.82, 2.24) is 9.47 Å². The number of piperidine rings is 1. The summed E-state index contributed by atoms with van der Waals surface area (Å²) in [4.78, 5) is 25.1. The molecule has 13 heteroatoms. The smallest absolute Gasteiger partial charge is 0.410 e. The third-order valence-electron chi connectivity index (χ3n) is 6.89. The third kappa shape index (κ3) is 8.06. The van der Waals surface area contributed by atoms with E-state index in [4.69, 9.17) is 15.2 Å². The van der Waals surface area contributed by atoms with E-state index in [1.54, 1.807) is 51.1 Å². The number of likely N-dealkylation sites (tertiary alicyclic amines) is 1. The number of carbonyl (C=O) groups is 2. The predicted molar refractivity (Wildman–Crippen MR) is 160 cm³/mol.